The lowest BCUT2D eigenvalue weighted by molar-refractivity contribution is -0.142. The van der Waals surface area contributed by atoms with Crippen molar-refractivity contribution in [2.75, 3.05) is 24.5 Å². The van der Waals surface area contributed by atoms with Crippen molar-refractivity contribution < 1.29 is 18.8 Å². The molecule has 1 atom stereocenters. The number of hydrogen-bond acceptors (Lipinski definition) is 6. The van der Waals surface area contributed by atoms with Crippen molar-refractivity contribution in [2.24, 2.45) is 0 Å². The number of carbonyl (C=O) groups is 3. The van der Waals surface area contributed by atoms with Crippen LogP contribution in [0.25, 0.3) is 11.1 Å². The molecule has 2 fully saturated rings. The Morgan fingerprint density at radius 3 is 2.77 bits per heavy atom. The molecule has 26 heavy (non-hydrogen) atoms. The molecule has 2 saturated heterocycles. The normalized spacial score (nSPS) is 20.4. The zero-order valence-corrected chi connectivity index (χ0v) is 14.3. The minimum Gasteiger partial charge on any atom is -0.423 e. The highest BCUT2D eigenvalue weighted by Crippen LogP contribution is 2.28. The Morgan fingerprint density at radius 1 is 1.23 bits per heavy atom. The summed E-state index contributed by atoms with van der Waals surface area (Å²) in [5.41, 5.74) is 1.55. The standard InChI is InChI=1S/C18H20N4O4/c23-15(11-22-16(24)7-8-17(22)25)19-10-12-4-3-9-21(12)18-20-13-5-1-2-6-14(13)26-18/h1-2,5-6,12H,3-4,7-11H2,(H,19,23). The van der Waals surface area contributed by atoms with E-state index in [1.54, 1.807) is 0 Å². The van der Waals surface area contributed by atoms with Gasteiger partial charge in [0.2, 0.25) is 17.7 Å². The van der Waals surface area contributed by atoms with E-state index in [4.69, 9.17) is 4.42 Å². The van der Waals surface area contributed by atoms with E-state index in [0.29, 0.717) is 12.6 Å². The molecule has 1 unspecified atom stereocenters. The third-order valence-corrected chi connectivity index (χ3v) is 4.90. The quantitative estimate of drug-likeness (QED) is 0.805. The van der Waals surface area contributed by atoms with Gasteiger partial charge in [-0.05, 0) is 25.0 Å². The number of aromatic nitrogens is 1. The van der Waals surface area contributed by atoms with Gasteiger partial charge in [0, 0.05) is 25.9 Å². The molecule has 0 spiro atoms. The molecule has 8 heteroatoms. The van der Waals surface area contributed by atoms with E-state index in [-0.39, 0.29) is 43.1 Å². The highest BCUT2D eigenvalue weighted by molar-refractivity contribution is 6.04. The summed E-state index contributed by atoms with van der Waals surface area (Å²) in [5.74, 6) is -0.878. The van der Waals surface area contributed by atoms with Crippen LogP contribution in [0.5, 0.6) is 0 Å². The van der Waals surface area contributed by atoms with Gasteiger partial charge in [-0.25, -0.2) is 0 Å². The van der Waals surface area contributed by atoms with E-state index >= 15 is 0 Å². The number of oxazole rings is 1. The number of likely N-dealkylation sites (tertiary alicyclic amines) is 1. The topological polar surface area (TPSA) is 95.8 Å². The average Bonchev–Trinajstić information content (AvgIpc) is 3.34. The van der Waals surface area contributed by atoms with Crippen LogP contribution in [0.4, 0.5) is 6.01 Å². The van der Waals surface area contributed by atoms with Gasteiger partial charge in [-0.15, -0.1) is 0 Å². The number of nitrogens with zero attached hydrogens (tertiary/aromatic N) is 3. The van der Waals surface area contributed by atoms with Crippen LogP contribution in [0.2, 0.25) is 0 Å². The van der Waals surface area contributed by atoms with Crippen LogP contribution < -0.4 is 10.2 Å². The van der Waals surface area contributed by atoms with Crippen molar-refractivity contribution in [3.8, 4) is 0 Å². The second-order valence-electron chi connectivity index (χ2n) is 6.63. The zero-order valence-electron chi connectivity index (χ0n) is 14.3. The molecule has 8 nitrogen and oxygen atoms in total. The fourth-order valence-corrected chi connectivity index (χ4v) is 3.51. The lowest BCUT2D eigenvalue weighted by Crippen LogP contribution is -2.45. The molecule has 2 aromatic rings. The van der Waals surface area contributed by atoms with Crippen molar-refractivity contribution in [3.63, 3.8) is 0 Å². The molecule has 1 aromatic carbocycles. The smallest absolute Gasteiger partial charge is 0.298 e. The Hall–Kier alpha value is -2.90. The van der Waals surface area contributed by atoms with Crippen molar-refractivity contribution in [1.29, 1.82) is 0 Å². The van der Waals surface area contributed by atoms with Gasteiger partial charge in [0.15, 0.2) is 5.58 Å². The first-order valence-corrected chi connectivity index (χ1v) is 8.84. The van der Waals surface area contributed by atoms with Gasteiger partial charge in [0.25, 0.3) is 6.01 Å². The summed E-state index contributed by atoms with van der Waals surface area (Å²) in [4.78, 5) is 42.9. The molecule has 2 aliphatic rings. The second kappa shape index (κ2) is 6.78. The Kier molecular flexibility index (Phi) is 4.32. The van der Waals surface area contributed by atoms with Crippen LogP contribution >= 0.6 is 0 Å². The Balaban J connectivity index is 1.37. The van der Waals surface area contributed by atoms with E-state index in [1.807, 2.05) is 24.3 Å². The molecule has 0 saturated carbocycles. The first kappa shape index (κ1) is 16.6. The van der Waals surface area contributed by atoms with Gasteiger partial charge in [0.1, 0.15) is 12.1 Å². The molecule has 3 heterocycles. The molecule has 136 valence electrons. The van der Waals surface area contributed by atoms with Gasteiger partial charge >= 0.3 is 0 Å². The van der Waals surface area contributed by atoms with E-state index in [1.165, 1.54) is 0 Å². The molecular formula is C18H20N4O4. The number of imide groups is 1. The number of amides is 3. The molecule has 3 amide bonds. The van der Waals surface area contributed by atoms with Crippen LogP contribution in [0.3, 0.4) is 0 Å². The Bertz CT molecular complexity index is 813. The predicted octanol–water partition coefficient (Wildman–Crippen LogP) is 1.06. The summed E-state index contributed by atoms with van der Waals surface area (Å²) in [6.07, 6.45) is 2.30. The summed E-state index contributed by atoms with van der Waals surface area (Å²) in [6, 6.07) is 8.24. The summed E-state index contributed by atoms with van der Waals surface area (Å²) >= 11 is 0. The third-order valence-electron chi connectivity index (χ3n) is 4.90. The lowest BCUT2D eigenvalue weighted by atomic mass is 10.2. The molecule has 1 N–H and O–H groups in total. The van der Waals surface area contributed by atoms with E-state index in [0.717, 1.165) is 35.4 Å². The number of nitrogens with one attached hydrogen (secondary N) is 1. The van der Waals surface area contributed by atoms with E-state index in [2.05, 4.69) is 15.2 Å². The number of hydrogen-bond donors (Lipinski definition) is 1. The highest BCUT2D eigenvalue weighted by atomic mass is 16.4. The third kappa shape index (κ3) is 3.14. The number of benzene rings is 1. The minimum atomic E-state index is -0.321. The van der Waals surface area contributed by atoms with Crippen molar-refractivity contribution in [2.45, 2.75) is 31.7 Å². The summed E-state index contributed by atoms with van der Waals surface area (Å²) in [7, 11) is 0. The van der Waals surface area contributed by atoms with Crippen LogP contribution in [-0.4, -0.2) is 53.3 Å². The molecule has 2 aliphatic heterocycles. The predicted molar refractivity (Wildman–Crippen MR) is 93.3 cm³/mol. The van der Waals surface area contributed by atoms with Crippen LogP contribution in [0.15, 0.2) is 28.7 Å². The maximum atomic E-state index is 12.1. The molecule has 0 aliphatic carbocycles. The Labute approximate surface area is 150 Å². The van der Waals surface area contributed by atoms with Gasteiger partial charge in [0.05, 0.1) is 6.04 Å². The largest absolute Gasteiger partial charge is 0.423 e. The van der Waals surface area contributed by atoms with E-state index in [9.17, 15) is 14.4 Å². The fourth-order valence-electron chi connectivity index (χ4n) is 3.51. The van der Waals surface area contributed by atoms with Crippen molar-refractivity contribution in [3.05, 3.63) is 24.3 Å². The Morgan fingerprint density at radius 2 is 2.00 bits per heavy atom. The van der Waals surface area contributed by atoms with Crippen molar-refractivity contribution in [1.82, 2.24) is 15.2 Å². The summed E-state index contributed by atoms with van der Waals surface area (Å²) in [5, 5.41) is 2.83. The highest BCUT2D eigenvalue weighted by Gasteiger charge is 2.32. The molecule has 4 rings (SSSR count). The van der Waals surface area contributed by atoms with Gasteiger partial charge in [-0.2, -0.15) is 4.98 Å². The first-order chi connectivity index (χ1) is 12.6. The van der Waals surface area contributed by atoms with E-state index < -0.39 is 0 Å². The average molecular weight is 356 g/mol. The summed E-state index contributed by atoms with van der Waals surface area (Å²) in [6.45, 7) is 1.04. The number of rotatable bonds is 5. The zero-order chi connectivity index (χ0) is 18.1. The van der Waals surface area contributed by atoms with Gasteiger partial charge in [-0.1, -0.05) is 12.1 Å². The molecule has 0 radical (unpaired) electrons. The van der Waals surface area contributed by atoms with Gasteiger partial charge in [-0.3, -0.25) is 19.3 Å². The minimum absolute atomic E-state index is 0.0805. The van der Waals surface area contributed by atoms with Crippen LogP contribution in [0.1, 0.15) is 25.7 Å². The maximum absolute atomic E-state index is 12.1. The van der Waals surface area contributed by atoms with Crippen molar-refractivity contribution >= 4 is 34.8 Å². The van der Waals surface area contributed by atoms with Crippen LogP contribution in [0, 0.1) is 0 Å². The maximum Gasteiger partial charge on any atom is 0.298 e. The first-order valence-electron chi connectivity index (χ1n) is 8.84. The molecule has 0 bridgehead atoms. The van der Waals surface area contributed by atoms with Gasteiger partial charge < -0.3 is 14.6 Å². The number of para-hydroxylation sites is 2. The van der Waals surface area contributed by atoms with Crippen LogP contribution in [-0.2, 0) is 14.4 Å². The molecule has 1 aromatic heterocycles. The number of anilines is 1. The monoisotopic (exact) mass is 356 g/mol. The fraction of sp³-hybridized carbons (Fsp3) is 0.444. The molecular weight excluding hydrogens is 336 g/mol. The lowest BCUT2D eigenvalue weighted by Gasteiger charge is -2.23. The number of carbonyl (C=O) groups excluding carboxylic acids is 3. The SMILES string of the molecule is O=C(CN1C(=O)CCC1=O)NCC1CCCN1c1nc2ccccc2o1. The number of fused-ring (bicyclic) bond motifs is 1. The summed E-state index contributed by atoms with van der Waals surface area (Å²) < 4.78 is 5.83. The second-order valence-corrected chi connectivity index (χ2v) is 6.63.